The molecule has 0 radical (unpaired) electrons. The highest BCUT2D eigenvalue weighted by Gasteiger charge is 2.19. The lowest BCUT2D eigenvalue weighted by Crippen LogP contribution is -2.19. The Morgan fingerprint density at radius 3 is 2.12 bits per heavy atom. The van der Waals surface area contributed by atoms with Crippen molar-refractivity contribution in [1.82, 2.24) is 14.6 Å². The number of nitrogens with one attached hydrogen (secondary N) is 1. The Balaban J connectivity index is 1.66. The molecule has 5 aromatic rings. The fourth-order valence-electron chi connectivity index (χ4n) is 3.51. The smallest absolute Gasteiger partial charge is 0.353 e. The summed E-state index contributed by atoms with van der Waals surface area (Å²) in [5.74, 6) is 0.171. The third-order valence-corrected chi connectivity index (χ3v) is 5.01. The molecule has 5 rings (SSSR count). The Morgan fingerprint density at radius 1 is 0.844 bits per heavy atom. The fraction of sp³-hybridized carbons (Fsp3) is 0. The molecule has 0 spiro atoms. The summed E-state index contributed by atoms with van der Waals surface area (Å²) in [6.45, 7) is 0. The van der Waals surface area contributed by atoms with Gasteiger partial charge in [-0.15, -0.1) is 0 Å². The van der Waals surface area contributed by atoms with Crippen molar-refractivity contribution in [1.29, 1.82) is 0 Å². The Kier molecular flexibility index (Phi) is 4.76. The second kappa shape index (κ2) is 7.88. The molecule has 2 aromatic heterocycles. The number of fused-ring (bicyclic) bond motifs is 1. The molecule has 2 heterocycles. The van der Waals surface area contributed by atoms with Crippen molar-refractivity contribution in [3.63, 3.8) is 0 Å². The second-order valence-corrected chi connectivity index (χ2v) is 7.11. The normalized spacial score (nSPS) is 10.9. The molecule has 32 heavy (non-hydrogen) atoms. The van der Waals surface area contributed by atoms with Crippen LogP contribution in [0.15, 0.2) is 95.8 Å². The molecule has 7 nitrogen and oxygen atoms in total. The van der Waals surface area contributed by atoms with Crippen LogP contribution in [-0.2, 0) is 0 Å². The maximum absolute atomic E-state index is 13.4. The van der Waals surface area contributed by atoms with Crippen molar-refractivity contribution in [2.75, 3.05) is 0 Å². The predicted molar refractivity (Wildman–Crippen MR) is 120 cm³/mol. The van der Waals surface area contributed by atoms with Crippen LogP contribution in [0.3, 0.4) is 0 Å². The SMILES string of the molecule is O=C(O)c1cc2nc(-c3ccccc3)c(-c3ccc(Oc4ccccc4)cc3)c(=O)n2[nH]1. The topological polar surface area (TPSA) is 96.7 Å². The number of carboxylic acids is 1. The molecular weight excluding hydrogens is 406 g/mol. The zero-order valence-corrected chi connectivity index (χ0v) is 16.7. The molecule has 0 atom stereocenters. The number of H-pyrrole nitrogens is 1. The number of aromatic amines is 1. The van der Waals surface area contributed by atoms with Crippen LogP contribution in [0.25, 0.3) is 28.0 Å². The number of hydrogen-bond acceptors (Lipinski definition) is 4. The molecule has 7 heteroatoms. The van der Waals surface area contributed by atoms with Crippen LogP contribution in [0.2, 0.25) is 0 Å². The maximum atomic E-state index is 13.4. The van der Waals surface area contributed by atoms with Gasteiger partial charge in [0.2, 0.25) is 0 Å². The van der Waals surface area contributed by atoms with Crippen molar-refractivity contribution in [3.05, 3.63) is 107 Å². The van der Waals surface area contributed by atoms with Gasteiger partial charge >= 0.3 is 5.97 Å². The molecule has 0 aliphatic rings. The highest BCUT2D eigenvalue weighted by molar-refractivity contribution is 5.87. The number of aromatic carboxylic acids is 1. The van der Waals surface area contributed by atoms with E-state index in [1.165, 1.54) is 6.07 Å². The van der Waals surface area contributed by atoms with E-state index in [4.69, 9.17) is 4.74 Å². The third-order valence-electron chi connectivity index (χ3n) is 5.01. The predicted octanol–water partition coefficient (Wildman–Crippen LogP) is 4.85. The molecule has 0 bridgehead atoms. The zero-order chi connectivity index (χ0) is 22.1. The highest BCUT2D eigenvalue weighted by Crippen LogP contribution is 2.30. The van der Waals surface area contributed by atoms with Gasteiger partial charge in [0, 0.05) is 11.6 Å². The first-order valence-electron chi connectivity index (χ1n) is 9.88. The van der Waals surface area contributed by atoms with E-state index in [0.29, 0.717) is 28.3 Å². The van der Waals surface area contributed by atoms with E-state index in [2.05, 4.69) is 10.1 Å². The van der Waals surface area contributed by atoms with Gasteiger partial charge in [0.25, 0.3) is 5.56 Å². The van der Waals surface area contributed by atoms with E-state index in [1.54, 1.807) is 24.3 Å². The van der Waals surface area contributed by atoms with Gasteiger partial charge < -0.3 is 9.84 Å². The molecule has 0 saturated carbocycles. The number of hydrogen-bond donors (Lipinski definition) is 2. The molecule has 0 unspecified atom stereocenters. The van der Waals surface area contributed by atoms with Crippen molar-refractivity contribution >= 4 is 11.6 Å². The average molecular weight is 423 g/mol. The van der Waals surface area contributed by atoms with Crippen LogP contribution < -0.4 is 10.3 Å². The van der Waals surface area contributed by atoms with Crippen LogP contribution >= 0.6 is 0 Å². The highest BCUT2D eigenvalue weighted by atomic mass is 16.5. The summed E-state index contributed by atoms with van der Waals surface area (Å²) in [7, 11) is 0. The van der Waals surface area contributed by atoms with Gasteiger partial charge in [0.15, 0.2) is 5.65 Å². The maximum Gasteiger partial charge on any atom is 0.353 e. The number of carboxylic acid groups (broad SMARTS) is 1. The molecule has 0 fully saturated rings. The average Bonchev–Trinajstić information content (AvgIpc) is 3.26. The minimum absolute atomic E-state index is 0.114. The Hall–Kier alpha value is -4.65. The Morgan fingerprint density at radius 2 is 1.47 bits per heavy atom. The van der Waals surface area contributed by atoms with E-state index >= 15 is 0 Å². The van der Waals surface area contributed by atoms with Crippen molar-refractivity contribution in [2.45, 2.75) is 0 Å². The monoisotopic (exact) mass is 423 g/mol. The van der Waals surface area contributed by atoms with E-state index in [9.17, 15) is 14.7 Å². The Labute approximate surface area is 182 Å². The van der Waals surface area contributed by atoms with Gasteiger partial charge in [0.05, 0.1) is 11.3 Å². The van der Waals surface area contributed by atoms with Gasteiger partial charge in [-0.25, -0.2) is 14.3 Å². The van der Waals surface area contributed by atoms with Gasteiger partial charge in [-0.1, -0.05) is 60.7 Å². The summed E-state index contributed by atoms with van der Waals surface area (Å²) >= 11 is 0. The summed E-state index contributed by atoms with van der Waals surface area (Å²) < 4.78 is 7.00. The van der Waals surface area contributed by atoms with Crippen molar-refractivity contribution < 1.29 is 14.6 Å². The first kappa shape index (κ1) is 19.3. The summed E-state index contributed by atoms with van der Waals surface area (Å²) in [4.78, 5) is 29.4. The first-order valence-corrected chi connectivity index (χ1v) is 9.88. The quantitative estimate of drug-likeness (QED) is 0.421. The molecule has 2 N–H and O–H groups in total. The summed E-state index contributed by atoms with van der Waals surface area (Å²) in [5.41, 5.74) is 1.96. The van der Waals surface area contributed by atoms with Crippen molar-refractivity contribution in [3.8, 4) is 33.9 Å². The van der Waals surface area contributed by atoms with Crippen LogP contribution in [-0.4, -0.2) is 25.7 Å². The molecule has 0 amide bonds. The standard InChI is InChI=1S/C25H17N3O4/c29-24-22(16-11-13-19(14-12-16)32-18-9-5-2-6-10-18)23(17-7-3-1-4-8-17)26-21-15-20(25(30)31)27-28(21)24/h1-15,27H,(H,30,31). The van der Waals surface area contributed by atoms with Gasteiger partial charge in [-0.3, -0.25) is 9.89 Å². The number of para-hydroxylation sites is 1. The fourth-order valence-corrected chi connectivity index (χ4v) is 3.51. The summed E-state index contributed by atoms with van der Waals surface area (Å²) in [5, 5.41) is 11.9. The van der Waals surface area contributed by atoms with Crippen LogP contribution in [0.5, 0.6) is 11.5 Å². The third kappa shape index (κ3) is 3.52. The largest absolute Gasteiger partial charge is 0.477 e. The molecule has 0 aliphatic heterocycles. The van der Waals surface area contributed by atoms with Crippen LogP contribution in [0, 0.1) is 0 Å². The lowest BCUT2D eigenvalue weighted by Gasteiger charge is -2.11. The summed E-state index contributed by atoms with van der Waals surface area (Å²) in [6, 6.07) is 27.2. The number of rotatable bonds is 5. The minimum atomic E-state index is -1.17. The zero-order valence-electron chi connectivity index (χ0n) is 16.7. The number of nitrogens with zero attached hydrogens (tertiary/aromatic N) is 2. The molecule has 0 saturated heterocycles. The van der Waals surface area contributed by atoms with Gasteiger partial charge in [-0.2, -0.15) is 0 Å². The minimum Gasteiger partial charge on any atom is -0.477 e. The number of aromatic nitrogens is 3. The van der Waals surface area contributed by atoms with E-state index in [-0.39, 0.29) is 11.3 Å². The summed E-state index contributed by atoms with van der Waals surface area (Å²) in [6.07, 6.45) is 0. The molecule has 0 aliphatic carbocycles. The van der Waals surface area contributed by atoms with Crippen LogP contribution in [0.1, 0.15) is 10.5 Å². The lowest BCUT2D eigenvalue weighted by molar-refractivity contribution is 0.0690. The molecule has 3 aromatic carbocycles. The van der Waals surface area contributed by atoms with Gasteiger partial charge in [-0.05, 0) is 29.8 Å². The van der Waals surface area contributed by atoms with E-state index < -0.39 is 11.5 Å². The number of carbonyl (C=O) groups is 1. The van der Waals surface area contributed by atoms with Crippen molar-refractivity contribution in [2.24, 2.45) is 0 Å². The molecular formula is C25H17N3O4. The second-order valence-electron chi connectivity index (χ2n) is 7.11. The Bertz CT molecular complexity index is 1470. The van der Waals surface area contributed by atoms with E-state index in [0.717, 1.165) is 10.1 Å². The van der Waals surface area contributed by atoms with E-state index in [1.807, 2.05) is 60.7 Å². The number of ether oxygens (including phenoxy) is 1. The van der Waals surface area contributed by atoms with Crippen LogP contribution in [0.4, 0.5) is 0 Å². The lowest BCUT2D eigenvalue weighted by atomic mass is 10.0. The first-order chi connectivity index (χ1) is 15.6. The van der Waals surface area contributed by atoms with Gasteiger partial charge in [0.1, 0.15) is 17.2 Å². The molecule has 156 valence electrons. The number of benzene rings is 3.